The fourth-order valence-electron chi connectivity index (χ4n) is 1.66. The molecule has 0 spiro atoms. The molecule has 0 aliphatic heterocycles. The second-order valence-corrected chi connectivity index (χ2v) is 5.14. The zero-order valence-corrected chi connectivity index (χ0v) is 13.2. The molecule has 0 bridgehead atoms. The monoisotopic (exact) mass is 370 g/mol. The molecular formula is C13H15IN4O. The van der Waals surface area contributed by atoms with Crippen molar-refractivity contribution in [3.8, 4) is 11.5 Å². The lowest BCUT2D eigenvalue weighted by Gasteiger charge is -2.10. The number of anilines is 1. The fourth-order valence-corrected chi connectivity index (χ4v) is 2.33. The van der Waals surface area contributed by atoms with Gasteiger partial charge in [0.25, 0.3) is 0 Å². The number of halogens is 1. The van der Waals surface area contributed by atoms with Gasteiger partial charge in [-0.25, -0.2) is 9.97 Å². The van der Waals surface area contributed by atoms with Crippen molar-refractivity contribution in [1.29, 1.82) is 0 Å². The summed E-state index contributed by atoms with van der Waals surface area (Å²) < 4.78 is 6.15. The Kier molecular flexibility index (Phi) is 4.65. The van der Waals surface area contributed by atoms with Gasteiger partial charge in [0, 0.05) is 20.4 Å². The highest BCUT2D eigenvalue weighted by Gasteiger charge is 2.13. The normalized spacial score (nSPS) is 10.5. The fraction of sp³-hybridized carbons (Fsp3) is 0.308. The van der Waals surface area contributed by atoms with Crippen LogP contribution in [0.4, 0.5) is 5.82 Å². The van der Waals surface area contributed by atoms with Gasteiger partial charge < -0.3 is 10.1 Å². The van der Waals surface area contributed by atoms with Crippen molar-refractivity contribution >= 4 is 28.4 Å². The van der Waals surface area contributed by atoms with Gasteiger partial charge in [0.05, 0.1) is 15.9 Å². The first kappa shape index (κ1) is 14.1. The van der Waals surface area contributed by atoms with Gasteiger partial charge in [0.1, 0.15) is 11.5 Å². The number of pyridine rings is 1. The Morgan fingerprint density at radius 3 is 2.79 bits per heavy atom. The number of ether oxygens (including phenoxy) is 1. The van der Waals surface area contributed by atoms with E-state index in [1.165, 1.54) is 0 Å². The maximum absolute atomic E-state index is 5.18. The van der Waals surface area contributed by atoms with E-state index in [2.05, 4.69) is 42.9 Å². The first-order chi connectivity index (χ1) is 9.15. The predicted octanol–water partition coefficient (Wildman–Crippen LogP) is 2.64. The predicted molar refractivity (Wildman–Crippen MR) is 83.0 cm³/mol. The molecule has 19 heavy (non-hydrogen) atoms. The topological polar surface area (TPSA) is 59.9 Å². The van der Waals surface area contributed by atoms with Crippen molar-refractivity contribution < 1.29 is 4.74 Å². The molecule has 0 fully saturated rings. The number of nitrogens with zero attached hydrogens (tertiary/aromatic N) is 3. The molecule has 0 saturated heterocycles. The number of hydrogen-bond acceptors (Lipinski definition) is 5. The molecule has 0 aliphatic rings. The first-order valence-electron chi connectivity index (χ1n) is 5.82. The van der Waals surface area contributed by atoms with Crippen LogP contribution in [0.1, 0.15) is 11.3 Å². The van der Waals surface area contributed by atoms with Crippen LogP contribution in [0.3, 0.4) is 0 Å². The van der Waals surface area contributed by atoms with E-state index in [1.807, 2.05) is 26.1 Å². The van der Waals surface area contributed by atoms with Gasteiger partial charge >= 0.3 is 0 Å². The quantitative estimate of drug-likeness (QED) is 0.839. The van der Waals surface area contributed by atoms with Crippen molar-refractivity contribution in [1.82, 2.24) is 15.0 Å². The lowest BCUT2D eigenvalue weighted by Crippen LogP contribution is -2.06. The molecule has 2 aromatic heterocycles. The summed E-state index contributed by atoms with van der Waals surface area (Å²) in [4.78, 5) is 13.4. The van der Waals surface area contributed by atoms with Crippen LogP contribution in [0.25, 0.3) is 11.5 Å². The number of nitrogens with one attached hydrogen (secondary N) is 1. The van der Waals surface area contributed by atoms with Crippen molar-refractivity contribution in [2.75, 3.05) is 19.5 Å². The second-order valence-electron chi connectivity index (χ2n) is 4.06. The van der Waals surface area contributed by atoms with Crippen LogP contribution in [0.5, 0.6) is 0 Å². The van der Waals surface area contributed by atoms with E-state index < -0.39 is 0 Å². The van der Waals surface area contributed by atoms with E-state index in [0.29, 0.717) is 12.4 Å². The zero-order chi connectivity index (χ0) is 13.8. The number of aryl methyl sites for hydroxylation is 1. The minimum Gasteiger partial charge on any atom is -0.378 e. The molecular weight excluding hydrogens is 355 g/mol. The third-order valence-electron chi connectivity index (χ3n) is 2.58. The van der Waals surface area contributed by atoms with Crippen molar-refractivity contribution in [2.45, 2.75) is 13.5 Å². The van der Waals surface area contributed by atoms with E-state index in [9.17, 15) is 0 Å². The van der Waals surface area contributed by atoms with E-state index in [-0.39, 0.29) is 0 Å². The summed E-state index contributed by atoms with van der Waals surface area (Å²) in [6, 6.07) is 3.92. The smallest absolute Gasteiger partial charge is 0.180 e. The van der Waals surface area contributed by atoms with E-state index in [4.69, 9.17) is 4.74 Å². The van der Waals surface area contributed by atoms with E-state index >= 15 is 0 Å². The zero-order valence-electron chi connectivity index (χ0n) is 11.1. The summed E-state index contributed by atoms with van der Waals surface area (Å²) in [6.07, 6.45) is 1.76. The van der Waals surface area contributed by atoms with Gasteiger partial charge in [0.2, 0.25) is 0 Å². The van der Waals surface area contributed by atoms with Crippen LogP contribution in [0.15, 0.2) is 18.3 Å². The molecule has 100 valence electrons. The van der Waals surface area contributed by atoms with Gasteiger partial charge in [-0.2, -0.15) is 0 Å². The summed E-state index contributed by atoms with van der Waals surface area (Å²) in [5.41, 5.74) is 2.76. The Bertz CT molecular complexity index is 589. The Labute approximate surface area is 126 Å². The SMILES string of the molecule is CNc1nc(-c2cc(C)ccn2)nc(COC)c1I. The third-order valence-corrected chi connectivity index (χ3v) is 3.72. The summed E-state index contributed by atoms with van der Waals surface area (Å²) in [7, 11) is 3.50. The summed E-state index contributed by atoms with van der Waals surface area (Å²) in [6.45, 7) is 2.47. The molecule has 0 aromatic carbocycles. The third kappa shape index (κ3) is 3.19. The van der Waals surface area contributed by atoms with Crippen LogP contribution < -0.4 is 5.32 Å². The maximum Gasteiger partial charge on any atom is 0.180 e. The Hall–Kier alpha value is -1.28. The molecule has 2 aromatic rings. The molecule has 0 radical (unpaired) electrons. The number of methoxy groups -OCH3 is 1. The Morgan fingerprint density at radius 1 is 1.37 bits per heavy atom. The standard InChI is InChI=1S/C13H15IN4O/c1-8-4-5-16-9(6-8)12-17-10(7-19-3)11(14)13(15-2)18-12/h4-6H,7H2,1-3H3,(H,15,17,18). The van der Waals surface area contributed by atoms with Crippen molar-refractivity contribution in [2.24, 2.45) is 0 Å². The summed E-state index contributed by atoms with van der Waals surface area (Å²) in [5, 5.41) is 3.08. The highest BCUT2D eigenvalue weighted by atomic mass is 127. The van der Waals surface area contributed by atoms with E-state index in [0.717, 1.165) is 26.3 Å². The minimum atomic E-state index is 0.453. The van der Waals surface area contributed by atoms with Crippen LogP contribution >= 0.6 is 22.6 Å². The van der Waals surface area contributed by atoms with Gasteiger partial charge in [-0.05, 0) is 47.2 Å². The number of aromatic nitrogens is 3. The summed E-state index contributed by atoms with van der Waals surface area (Å²) >= 11 is 2.22. The van der Waals surface area contributed by atoms with Gasteiger partial charge in [-0.15, -0.1) is 0 Å². The molecule has 6 heteroatoms. The minimum absolute atomic E-state index is 0.453. The number of rotatable bonds is 4. The van der Waals surface area contributed by atoms with Gasteiger partial charge in [-0.3, -0.25) is 4.98 Å². The van der Waals surface area contributed by atoms with Crippen LogP contribution in [0.2, 0.25) is 0 Å². The Balaban J connectivity index is 2.54. The number of hydrogen-bond donors (Lipinski definition) is 1. The van der Waals surface area contributed by atoms with Crippen molar-refractivity contribution in [3.05, 3.63) is 33.2 Å². The molecule has 0 atom stereocenters. The lowest BCUT2D eigenvalue weighted by atomic mass is 10.2. The summed E-state index contributed by atoms with van der Waals surface area (Å²) in [5.74, 6) is 1.40. The average molecular weight is 370 g/mol. The van der Waals surface area contributed by atoms with Crippen LogP contribution in [0, 0.1) is 10.5 Å². The van der Waals surface area contributed by atoms with E-state index in [1.54, 1.807) is 13.3 Å². The first-order valence-corrected chi connectivity index (χ1v) is 6.89. The molecule has 2 heterocycles. The molecule has 0 saturated carbocycles. The lowest BCUT2D eigenvalue weighted by molar-refractivity contribution is 0.181. The molecule has 2 rings (SSSR count). The molecule has 0 unspecified atom stereocenters. The average Bonchev–Trinajstić information content (AvgIpc) is 2.41. The maximum atomic E-state index is 5.18. The van der Waals surface area contributed by atoms with Crippen molar-refractivity contribution in [3.63, 3.8) is 0 Å². The Morgan fingerprint density at radius 2 is 2.16 bits per heavy atom. The van der Waals surface area contributed by atoms with Gasteiger partial charge in [0.15, 0.2) is 5.82 Å². The van der Waals surface area contributed by atoms with Crippen LogP contribution in [-0.4, -0.2) is 29.1 Å². The molecule has 1 N–H and O–H groups in total. The largest absolute Gasteiger partial charge is 0.378 e. The molecule has 5 nitrogen and oxygen atoms in total. The highest BCUT2D eigenvalue weighted by molar-refractivity contribution is 14.1. The highest BCUT2D eigenvalue weighted by Crippen LogP contribution is 2.23. The molecule has 0 amide bonds. The molecule has 0 aliphatic carbocycles. The van der Waals surface area contributed by atoms with Gasteiger partial charge in [-0.1, -0.05) is 0 Å². The van der Waals surface area contributed by atoms with Crippen LogP contribution in [-0.2, 0) is 11.3 Å². The second kappa shape index (κ2) is 6.25.